The monoisotopic (exact) mass is 531 g/mol. The van der Waals surface area contributed by atoms with E-state index in [1.165, 1.54) is 12.0 Å². The van der Waals surface area contributed by atoms with Crippen LogP contribution in [0.3, 0.4) is 0 Å². The lowest BCUT2D eigenvalue weighted by Gasteiger charge is -2.33. The maximum absolute atomic E-state index is 13.8. The number of ether oxygens (including phenoxy) is 2. The summed E-state index contributed by atoms with van der Waals surface area (Å²) >= 11 is 0. The molecule has 0 aromatic heterocycles. The number of hydrogen-bond acceptors (Lipinski definition) is 6. The smallest absolute Gasteiger partial charge is 0.244 e. The van der Waals surface area contributed by atoms with Gasteiger partial charge in [-0.15, -0.1) is 0 Å². The van der Waals surface area contributed by atoms with Crippen LogP contribution in [0.1, 0.15) is 44.6 Å². The molecule has 0 spiro atoms. The molecule has 1 saturated carbocycles. The zero-order chi connectivity index (χ0) is 27.0. The number of rotatable bonds is 12. The van der Waals surface area contributed by atoms with E-state index in [-0.39, 0.29) is 24.2 Å². The minimum atomic E-state index is -3.84. The van der Waals surface area contributed by atoms with Gasteiger partial charge in [0.05, 0.1) is 26.2 Å². The Morgan fingerprint density at radius 2 is 1.68 bits per heavy atom. The summed E-state index contributed by atoms with van der Waals surface area (Å²) in [4.78, 5) is 28.6. The van der Waals surface area contributed by atoms with E-state index in [9.17, 15) is 18.0 Å². The van der Waals surface area contributed by atoms with Crippen molar-refractivity contribution in [2.24, 2.45) is 0 Å². The van der Waals surface area contributed by atoms with Crippen LogP contribution in [-0.2, 0) is 26.2 Å². The van der Waals surface area contributed by atoms with Crippen LogP contribution in [0.5, 0.6) is 11.5 Å². The molecule has 0 aliphatic heterocycles. The molecule has 2 aromatic carbocycles. The van der Waals surface area contributed by atoms with Gasteiger partial charge in [-0.05, 0) is 49.1 Å². The standard InChI is InChI=1S/C27H37N3O6S/c1-5-23(27(32)28-21-10-6-7-11-21)29(18-20-14-16-22(35-2)17-15-20)26(31)19-30(37(4,33)34)24-12-8-9-13-25(24)36-3/h8-9,12-17,21,23H,5-7,10-11,18-19H2,1-4H3,(H,28,32)/t23-/m1/s1. The third kappa shape index (κ3) is 7.38. The number of carbonyl (C=O) groups excluding carboxylic acids is 2. The SMILES string of the molecule is CC[C@H](C(=O)NC1CCCC1)N(Cc1ccc(OC)cc1)C(=O)CN(c1ccccc1OC)S(C)(=O)=O. The van der Waals surface area contributed by atoms with Crippen molar-refractivity contribution in [3.05, 3.63) is 54.1 Å². The summed E-state index contributed by atoms with van der Waals surface area (Å²) in [5.74, 6) is 0.292. The Hall–Kier alpha value is -3.27. The van der Waals surface area contributed by atoms with Crippen LogP contribution in [0, 0.1) is 0 Å². The van der Waals surface area contributed by atoms with Crippen molar-refractivity contribution in [1.82, 2.24) is 10.2 Å². The van der Waals surface area contributed by atoms with E-state index >= 15 is 0 Å². The number of nitrogens with one attached hydrogen (secondary N) is 1. The molecule has 0 radical (unpaired) electrons. The fourth-order valence-electron chi connectivity index (χ4n) is 4.65. The number of anilines is 1. The highest BCUT2D eigenvalue weighted by Crippen LogP contribution is 2.30. The number of carbonyl (C=O) groups is 2. The van der Waals surface area contributed by atoms with Gasteiger partial charge in [-0.1, -0.05) is 44.0 Å². The number of para-hydroxylation sites is 2. The van der Waals surface area contributed by atoms with E-state index in [1.807, 2.05) is 19.1 Å². The highest BCUT2D eigenvalue weighted by Gasteiger charge is 2.33. The fraction of sp³-hybridized carbons (Fsp3) is 0.481. The molecule has 2 amide bonds. The first-order valence-electron chi connectivity index (χ1n) is 12.5. The highest BCUT2D eigenvalue weighted by molar-refractivity contribution is 7.92. The van der Waals surface area contributed by atoms with Crippen molar-refractivity contribution >= 4 is 27.5 Å². The molecular weight excluding hydrogens is 494 g/mol. The first-order valence-corrected chi connectivity index (χ1v) is 14.4. The molecule has 0 bridgehead atoms. The van der Waals surface area contributed by atoms with E-state index in [2.05, 4.69) is 5.32 Å². The van der Waals surface area contributed by atoms with Gasteiger partial charge in [0.15, 0.2) is 0 Å². The predicted octanol–water partition coefficient (Wildman–Crippen LogP) is 3.34. The van der Waals surface area contributed by atoms with Gasteiger partial charge in [-0.3, -0.25) is 13.9 Å². The Morgan fingerprint density at radius 3 is 2.24 bits per heavy atom. The van der Waals surface area contributed by atoms with Crippen molar-refractivity contribution in [1.29, 1.82) is 0 Å². The molecule has 0 saturated heterocycles. The summed E-state index contributed by atoms with van der Waals surface area (Å²) in [5, 5.41) is 3.10. The van der Waals surface area contributed by atoms with Gasteiger partial charge < -0.3 is 19.7 Å². The van der Waals surface area contributed by atoms with Crippen molar-refractivity contribution in [2.75, 3.05) is 31.3 Å². The predicted molar refractivity (Wildman–Crippen MR) is 143 cm³/mol. The van der Waals surface area contributed by atoms with Crippen LogP contribution in [0.4, 0.5) is 5.69 Å². The number of amides is 2. The second-order valence-corrected chi connectivity index (χ2v) is 11.1. The quantitative estimate of drug-likeness (QED) is 0.451. The third-order valence-electron chi connectivity index (χ3n) is 6.63. The molecule has 9 nitrogen and oxygen atoms in total. The summed E-state index contributed by atoms with van der Waals surface area (Å²) < 4.78 is 37.2. The molecule has 0 unspecified atom stereocenters. The van der Waals surface area contributed by atoms with Gasteiger partial charge in [-0.25, -0.2) is 8.42 Å². The number of benzene rings is 2. The van der Waals surface area contributed by atoms with Crippen LogP contribution in [0.25, 0.3) is 0 Å². The average molecular weight is 532 g/mol. The van der Waals surface area contributed by atoms with Gasteiger partial charge in [0.2, 0.25) is 21.8 Å². The lowest BCUT2D eigenvalue weighted by atomic mass is 10.1. The second-order valence-electron chi connectivity index (χ2n) is 9.23. The molecular formula is C27H37N3O6S. The van der Waals surface area contributed by atoms with Crippen LogP contribution >= 0.6 is 0 Å². The Labute approximate surface area is 219 Å². The third-order valence-corrected chi connectivity index (χ3v) is 7.76. The highest BCUT2D eigenvalue weighted by atomic mass is 32.2. The summed E-state index contributed by atoms with van der Waals surface area (Å²) in [6.07, 6.45) is 5.41. The zero-order valence-electron chi connectivity index (χ0n) is 22.0. The molecule has 2 aromatic rings. The first-order chi connectivity index (χ1) is 17.7. The largest absolute Gasteiger partial charge is 0.497 e. The molecule has 3 rings (SSSR count). The minimum absolute atomic E-state index is 0.0978. The molecule has 1 atom stereocenters. The van der Waals surface area contributed by atoms with Gasteiger partial charge in [0.25, 0.3) is 0 Å². The fourth-order valence-corrected chi connectivity index (χ4v) is 5.50. The summed E-state index contributed by atoms with van der Waals surface area (Å²) in [5.41, 5.74) is 1.05. The van der Waals surface area contributed by atoms with Crippen LogP contribution in [0.15, 0.2) is 48.5 Å². The maximum atomic E-state index is 13.8. The van der Waals surface area contributed by atoms with Crippen LogP contribution < -0.4 is 19.1 Å². The van der Waals surface area contributed by atoms with Gasteiger partial charge >= 0.3 is 0 Å². The molecule has 0 heterocycles. The summed E-state index contributed by atoms with van der Waals surface area (Å²) in [6.45, 7) is 1.52. The van der Waals surface area contributed by atoms with Gasteiger partial charge in [-0.2, -0.15) is 0 Å². The normalized spacial score (nSPS) is 14.6. The van der Waals surface area contributed by atoms with Gasteiger partial charge in [0, 0.05) is 12.6 Å². The molecule has 1 aliphatic rings. The molecule has 1 N–H and O–H groups in total. The van der Waals surface area contributed by atoms with E-state index < -0.39 is 28.5 Å². The Bertz CT molecular complexity index is 1160. The molecule has 1 aliphatic carbocycles. The lowest BCUT2D eigenvalue weighted by molar-refractivity contribution is -0.140. The van der Waals surface area contributed by atoms with Crippen LogP contribution in [-0.4, -0.2) is 64.2 Å². The number of hydrogen-bond donors (Lipinski definition) is 1. The first kappa shape index (κ1) is 28.3. The van der Waals surface area contributed by atoms with E-state index in [0.717, 1.165) is 41.8 Å². The number of nitrogens with zero attached hydrogens (tertiary/aromatic N) is 2. The van der Waals surface area contributed by atoms with E-state index in [0.29, 0.717) is 17.9 Å². The zero-order valence-corrected chi connectivity index (χ0v) is 22.8. The topological polar surface area (TPSA) is 105 Å². The molecule has 10 heteroatoms. The number of methoxy groups -OCH3 is 2. The van der Waals surface area contributed by atoms with Gasteiger partial charge in [0.1, 0.15) is 24.1 Å². The molecule has 37 heavy (non-hydrogen) atoms. The van der Waals surface area contributed by atoms with Crippen molar-refractivity contribution in [2.45, 2.75) is 57.7 Å². The Kier molecular flexibility index (Phi) is 9.79. The second kappa shape index (κ2) is 12.8. The molecule has 1 fully saturated rings. The van der Waals surface area contributed by atoms with E-state index in [4.69, 9.17) is 9.47 Å². The minimum Gasteiger partial charge on any atom is -0.497 e. The average Bonchev–Trinajstić information content (AvgIpc) is 3.39. The Balaban J connectivity index is 1.94. The van der Waals surface area contributed by atoms with Crippen molar-refractivity contribution in [3.8, 4) is 11.5 Å². The van der Waals surface area contributed by atoms with Crippen LogP contribution in [0.2, 0.25) is 0 Å². The van der Waals surface area contributed by atoms with Crippen molar-refractivity contribution in [3.63, 3.8) is 0 Å². The molecule has 202 valence electrons. The lowest BCUT2D eigenvalue weighted by Crippen LogP contribution is -2.53. The van der Waals surface area contributed by atoms with E-state index in [1.54, 1.807) is 43.5 Å². The Morgan fingerprint density at radius 1 is 1.03 bits per heavy atom. The van der Waals surface area contributed by atoms with Crippen molar-refractivity contribution < 1.29 is 27.5 Å². The maximum Gasteiger partial charge on any atom is 0.244 e. The number of sulfonamides is 1. The summed E-state index contributed by atoms with van der Waals surface area (Å²) in [7, 11) is -0.829. The summed E-state index contributed by atoms with van der Waals surface area (Å²) in [6, 6.07) is 13.2.